The van der Waals surface area contributed by atoms with Gasteiger partial charge >= 0.3 is 0 Å². The predicted molar refractivity (Wildman–Crippen MR) is 109 cm³/mol. The Bertz CT molecular complexity index is 695. The lowest BCUT2D eigenvalue weighted by molar-refractivity contribution is 0.158. The maximum Gasteiger partial charge on any atom is 0.142 e. The van der Waals surface area contributed by atoms with Crippen LogP contribution in [0.4, 0.5) is 5.69 Å². The van der Waals surface area contributed by atoms with Crippen molar-refractivity contribution in [2.75, 3.05) is 51.3 Å². The van der Waals surface area contributed by atoms with Crippen molar-refractivity contribution in [1.29, 1.82) is 0 Å². The van der Waals surface area contributed by atoms with Crippen LogP contribution < -0.4 is 9.64 Å². The van der Waals surface area contributed by atoms with Gasteiger partial charge in [0.05, 0.1) is 23.4 Å². The second-order valence-corrected chi connectivity index (χ2v) is 7.13. The summed E-state index contributed by atoms with van der Waals surface area (Å²) in [6, 6.07) is 12.4. The number of oxime groups is 1. The minimum Gasteiger partial charge on any atom is -0.495 e. The van der Waals surface area contributed by atoms with Crippen LogP contribution in [0.3, 0.4) is 0 Å². The van der Waals surface area contributed by atoms with Gasteiger partial charge in [-0.2, -0.15) is 0 Å². The SMILES string of the molecule is CCO/N=C(/CCN1CCN(c2ccccc2OC)CC1)c1cccs1. The zero-order chi connectivity index (χ0) is 18.2. The van der Waals surface area contributed by atoms with Gasteiger partial charge < -0.3 is 14.5 Å². The number of para-hydroxylation sites is 2. The fraction of sp³-hybridized carbons (Fsp3) is 0.450. The lowest BCUT2D eigenvalue weighted by Crippen LogP contribution is -2.47. The number of rotatable bonds is 8. The van der Waals surface area contributed by atoms with Crippen molar-refractivity contribution in [2.24, 2.45) is 5.16 Å². The van der Waals surface area contributed by atoms with Crippen molar-refractivity contribution in [3.05, 3.63) is 46.7 Å². The van der Waals surface area contributed by atoms with E-state index >= 15 is 0 Å². The fourth-order valence-corrected chi connectivity index (χ4v) is 3.90. The summed E-state index contributed by atoms with van der Waals surface area (Å²) in [5, 5.41) is 6.41. The number of piperazine rings is 1. The van der Waals surface area contributed by atoms with Crippen LogP contribution in [0, 0.1) is 0 Å². The average molecular weight is 374 g/mol. The van der Waals surface area contributed by atoms with Gasteiger partial charge in [0.1, 0.15) is 12.4 Å². The van der Waals surface area contributed by atoms with Crippen molar-refractivity contribution in [2.45, 2.75) is 13.3 Å². The number of anilines is 1. The van der Waals surface area contributed by atoms with Crippen molar-refractivity contribution in [1.82, 2.24) is 4.90 Å². The van der Waals surface area contributed by atoms with Gasteiger partial charge in [-0.3, -0.25) is 4.90 Å². The van der Waals surface area contributed by atoms with Crippen LogP contribution in [-0.2, 0) is 4.84 Å². The number of ether oxygens (including phenoxy) is 1. The smallest absolute Gasteiger partial charge is 0.142 e. The van der Waals surface area contributed by atoms with Gasteiger partial charge in [-0.15, -0.1) is 11.3 Å². The van der Waals surface area contributed by atoms with E-state index < -0.39 is 0 Å². The predicted octanol–water partition coefficient (Wildman–Crippen LogP) is 3.71. The monoisotopic (exact) mass is 373 g/mol. The maximum atomic E-state index is 5.50. The van der Waals surface area contributed by atoms with Gasteiger partial charge in [-0.05, 0) is 30.5 Å². The summed E-state index contributed by atoms with van der Waals surface area (Å²) in [5.74, 6) is 0.949. The number of nitrogens with zero attached hydrogens (tertiary/aromatic N) is 3. The van der Waals surface area contributed by atoms with E-state index in [0.29, 0.717) is 6.61 Å². The molecule has 0 radical (unpaired) electrons. The van der Waals surface area contributed by atoms with E-state index in [1.54, 1.807) is 18.4 Å². The van der Waals surface area contributed by atoms with Crippen LogP contribution in [-0.4, -0.2) is 57.1 Å². The second kappa shape index (κ2) is 9.59. The third-order valence-corrected chi connectivity index (χ3v) is 5.49. The Morgan fingerprint density at radius 2 is 1.92 bits per heavy atom. The molecule has 1 aromatic heterocycles. The summed E-state index contributed by atoms with van der Waals surface area (Å²) in [6.07, 6.45) is 0.912. The minimum atomic E-state index is 0.604. The van der Waals surface area contributed by atoms with E-state index in [9.17, 15) is 0 Å². The first-order valence-corrected chi connectivity index (χ1v) is 10.0. The number of benzene rings is 1. The normalized spacial score (nSPS) is 15.9. The Morgan fingerprint density at radius 1 is 1.12 bits per heavy atom. The van der Waals surface area contributed by atoms with Crippen LogP contribution in [0.2, 0.25) is 0 Å². The number of thiophene rings is 1. The van der Waals surface area contributed by atoms with Crippen molar-refractivity contribution < 1.29 is 9.57 Å². The zero-order valence-corrected chi connectivity index (χ0v) is 16.4. The number of hydrogen-bond donors (Lipinski definition) is 0. The van der Waals surface area contributed by atoms with Crippen LogP contribution in [0.25, 0.3) is 0 Å². The van der Waals surface area contributed by atoms with E-state index in [4.69, 9.17) is 9.57 Å². The minimum absolute atomic E-state index is 0.604. The molecule has 1 aliphatic rings. The van der Waals surface area contributed by atoms with Crippen molar-refractivity contribution in [3.63, 3.8) is 0 Å². The summed E-state index contributed by atoms with van der Waals surface area (Å²) in [6.45, 7) is 7.69. The molecule has 140 valence electrons. The van der Waals surface area contributed by atoms with E-state index in [-0.39, 0.29) is 0 Å². The highest BCUT2D eigenvalue weighted by Gasteiger charge is 2.20. The van der Waals surface area contributed by atoms with Crippen LogP contribution >= 0.6 is 11.3 Å². The molecule has 1 saturated heterocycles. The van der Waals surface area contributed by atoms with Crippen molar-refractivity contribution in [3.8, 4) is 5.75 Å². The molecule has 0 bridgehead atoms. The Kier molecular flexibility index (Phi) is 6.91. The quantitative estimate of drug-likeness (QED) is 0.522. The molecule has 6 heteroatoms. The Balaban J connectivity index is 1.53. The largest absolute Gasteiger partial charge is 0.495 e. The summed E-state index contributed by atoms with van der Waals surface area (Å²) in [4.78, 5) is 11.4. The van der Waals surface area contributed by atoms with Gasteiger partial charge in [0.15, 0.2) is 0 Å². The summed E-state index contributed by atoms with van der Waals surface area (Å²) < 4.78 is 5.50. The molecule has 0 unspecified atom stereocenters. The van der Waals surface area contributed by atoms with E-state index in [0.717, 1.165) is 50.6 Å². The Morgan fingerprint density at radius 3 is 2.62 bits per heavy atom. The van der Waals surface area contributed by atoms with Crippen LogP contribution in [0.15, 0.2) is 46.9 Å². The molecule has 5 nitrogen and oxygen atoms in total. The summed E-state index contributed by atoms with van der Waals surface area (Å²) in [5.41, 5.74) is 2.24. The standard InChI is InChI=1S/C20H27N3O2S/c1-3-25-21-17(20-9-6-16-26-20)10-11-22-12-14-23(15-13-22)18-7-4-5-8-19(18)24-2/h4-9,16H,3,10-15H2,1-2H3/b21-17-. The molecule has 0 atom stereocenters. The molecule has 0 saturated carbocycles. The van der Waals surface area contributed by atoms with Crippen LogP contribution in [0.1, 0.15) is 18.2 Å². The maximum absolute atomic E-state index is 5.50. The summed E-state index contributed by atoms with van der Waals surface area (Å²) in [7, 11) is 1.74. The fourth-order valence-electron chi connectivity index (χ4n) is 3.17. The molecule has 1 aromatic carbocycles. The van der Waals surface area contributed by atoms with Gasteiger partial charge in [0.2, 0.25) is 0 Å². The van der Waals surface area contributed by atoms with E-state index in [1.165, 1.54) is 10.6 Å². The molecule has 1 aliphatic heterocycles. The molecule has 0 amide bonds. The first-order valence-electron chi connectivity index (χ1n) is 9.15. The van der Waals surface area contributed by atoms with E-state index in [2.05, 4.69) is 44.6 Å². The lowest BCUT2D eigenvalue weighted by atomic mass is 10.2. The molecule has 1 fully saturated rings. The molecular weight excluding hydrogens is 346 g/mol. The van der Waals surface area contributed by atoms with Crippen LogP contribution in [0.5, 0.6) is 5.75 Å². The van der Waals surface area contributed by atoms with Gasteiger partial charge in [0.25, 0.3) is 0 Å². The van der Waals surface area contributed by atoms with Gasteiger partial charge in [-0.1, -0.05) is 23.4 Å². The lowest BCUT2D eigenvalue weighted by Gasteiger charge is -2.36. The molecule has 26 heavy (non-hydrogen) atoms. The summed E-state index contributed by atoms with van der Waals surface area (Å²) >= 11 is 1.72. The number of methoxy groups -OCH3 is 1. The molecule has 2 heterocycles. The molecule has 0 spiro atoms. The van der Waals surface area contributed by atoms with E-state index in [1.807, 2.05) is 19.1 Å². The Labute approximate surface area is 159 Å². The first-order chi connectivity index (χ1) is 12.8. The van der Waals surface area contributed by atoms with Gasteiger partial charge in [-0.25, -0.2) is 0 Å². The third-order valence-electron chi connectivity index (χ3n) is 4.57. The Hall–Kier alpha value is -2.05. The number of hydrogen-bond acceptors (Lipinski definition) is 6. The molecule has 0 aliphatic carbocycles. The molecule has 2 aromatic rings. The second-order valence-electron chi connectivity index (χ2n) is 6.18. The average Bonchev–Trinajstić information content (AvgIpc) is 3.23. The zero-order valence-electron chi connectivity index (χ0n) is 15.6. The molecule has 3 rings (SSSR count). The van der Waals surface area contributed by atoms with Crippen molar-refractivity contribution >= 4 is 22.7 Å². The highest BCUT2D eigenvalue weighted by atomic mass is 32.1. The first kappa shape index (κ1) is 18.7. The van der Waals surface area contributed by atoms with Gasteiger partial charge in [0, 0.05) is 39.1 Å². The highest BCUT2D eigenvalue weighted by molar-refractivity contribution is 7.12. The topological polar surface area (TPSA) is 37.3 Å². The highest BCUT2D eigenvalue weighted by Crippen LogP contribution is 2.28. The third kappa shape index (κ3) is 4.77. The molecular formula is C20H27N3O2S. The molecule has 0 N–H and O–H groups in total.